The number of H-pyrrole nitrogens is 3. The first-order chi connectivity index (χ1) is 11.4. The largest absolute Gasteiger partial charge is 0.358 e. The van der Waals surface area contributed by atoms with E-state index in [-0.39, 0.29) is 0 Å². The van der Waals surface area contributed by atoms with Gasteiger partial charge in [0.25, 0.3) is 0 Å². The van der Waals surface area contributed by atoms with E-state index in [1.54, 1.807) is 0 Å². The number of benzene rings is 2. The number of nitrogens with zero attached hydrogens (tertiary/aromatic N) is 2. The molecule has 3 aromatic heterocycles. The number of rotatable bonds is 2. The summed E-state index contributed by atoms with van der Waals surface area (Å²) in [6, 6.07) is 18.1. The highest BCUT2D eigenvalue weighted by Gasteiger charge is 2.11. The maximum atomic E-state index is 4.63. The van der Waals surface area contributed by atoms with Crippen molar-refractivity contribution >= 4 is 22.1 Å². The lowest BCUT2D eigenvalue weighted by atomic mass is 10.3. The highest BCUT2D eigenvalue weighted by Crippen LogP contribution is 2.25. The number of aromatic amines is 3. The first kappa shape index (κ1) is 12.2. The Labute approximate surface area is 131 Å². The first-order valence-corrected chi connectivity index (χ1v) is 7.45. The van der Waals surface area contributed by atoms with Crippen molar-refractivity contribution in [3.63, 3.8) is 0 Å². The molecule has 0 unspecified atom stereocenters. The maximum absolute atomic E-state index is 4.63. The Hall–Kier alpha value is -3.34. The fraction of sp³-hybridized carbons (Fsp3) is 0. The van der Waals surface area contributed by atoms with E-state index >= 15 is 0 Å². The lowest BCUT2D eigenvalue weighted by Crippen LogP contribution is -1.78. The summed E-state index contributed by atoms with van der Waals surface area (Å²) in [4.78, 5) is 19.2. The van der Waals surface area contributed by atoms with Crippen LogP contribution < -0.4 is 0 Å². The van der Waals surface area contributed by atoms with Crippen LogP contribution >= 0.6 is 0 Å². The molecule has 0 spiro atoms. The molecule has 3 heterocycles. The zero-order valence-electron chi connectivity index (χ0n) is 12.2. The van der Waals surface area contributed by atoms with Gasteiger partial charge in [-0.25, -0.2) is 9.97 Å². The summed E-state index contributed by atoms with van der Waals surface area (Å²) in [5.41, 5.74) is 5.95. The van der Waals surface area contributed by atoms with Gasteiger partial charge < -0.3 is 15.0 Å². The molecule has 0 saturated carbocycles. The molecule has 0 aliphatic carbocycles. The number of para-hydroxylation sites is 4. The van der Waals surface area contributed by atoms with Gasteiger partial charge >= 0.3 is 0 Å². The minimum absolute atomic E-state index is 0.827. The van der Waals surface area contributed by atoms with Gasteiger partial charge in [-0.05, 0) is 30.3 Å². The van der Waals surface area contributed by atoms with E-state index in [0.717, 1.165) is 45.0 Å². The average molecular weight is 299 g/mol. The zero-order valence-corrected chi connectivity index (χ0v) is 12.2. The van der Waals surface area contributed by atoms with Crippen molar-refractivity contribution in [2.24, 2.45) is 0 Å². The molecule has 5 nitrogen and oxygen atoms in total. The van der Waals surface area contributed by atoms with Gasteiger partial charge in [-0.2, -0.15) is 0 Å². The van der Waals surface area contributed by atoms with Gasteiger partial charge in [0.15, 0.2) is 5.82 Å². The molecule has 23 heavy (non-hydrogen) atoms. The topological polar surface area (TPSA) is 73.2 Å². The van der Waals surface area contributed by atoms with Crippen LogP contribution in [0.25, 0.3) is 45.0 Å². The van der Waals surface area contributed by atoms with Crippen LogP contribution in [-0.2, 0) is 0 Å². The molecule has 0 aliphatic rings. The van der Waals surface area contributed by atoms with Crippen molar-refractivity contribution < 1.29 is 0 Å². The van der Waals surface area contributed by atoms with Gasteiger partial charge in [0.2, 0.25) is 0 Å². The van der Waals surface area contributed by atoms with E-state index < -0.39 is 0 Å². The Bertz CT molecular complexity index is 974. The second kappa shape index (κ2) is 4.58. The van der Waals surface area contributed by atoms with Crippen molar-refractivity contribution in [1.82, 2.24) is 24.9 Å². The SMILES string of the molecule is c1ccc2[nH]c(-c3c[nH]c(-c4nc5ccccc5[nH]4)c3)nc2c1. The Morgan fingerprint density at radius 3 is 2.00 bits per heavy atom. The van der Waals surface area contributed by atoms with Crippen molar-refractivity contribution in [2.75, 3.05) is 0 Å². The van der Waals surface area contributed by atoms with Crippen molar-refractivity contribution in [3.05, 3.63) is 60.8 Å². The van der Waals surface area contributed by atoms with Crippen molar-refractivity contribution in [1.29, 1.82) is 0 Å². The van der Waals surface area contributed by atoms with E-state index in [1.807, 2.05) is 54.7 Å². The summed E-state index contributed by atoms with van der Waals surface area (Å²) >= 11 is 0. The standard InChI is InChI=1S/C18H13N5/c1-2-6-13-12(5-1)20-17(21-13)11-9-16(19-10-11)18-22-14-7-3-4-8-15(14)23-18/h1-10,19H,(H,20,21)(H,22,23). The highest BCUT2D eigenvalue weighted by molar-refractivity contribution is 5.81. The van der Waals surface area contributed by atoms with Gasteiger partial charge in [0.1, 0.15) is 5.82 Å². The van der Waals surface area contributed by atoms with Gasteiger partial charge in [0, 0.05) is 11.8 Å². The van der Waals surface area contributed by atoms with Crippen LogP contribution in [0.15, 0.2) is 60.8 Å². The molecule has 0 aliphatic heterocycles. The van der Waals surface area contributed by atoms with Crippen LogP contribution in [0.2, 0.25) is 0 Å². The van der Waals surface area contributed by atoms with Crippen molar-refractivity contribution in [3.8, 4) is 22.9 Å². The Balaban J connectivity index is 1.59. The molecular formula is C18H13N5. The van der Waals surface area contributed by atoms with Gasteiger partial charge in [0.05, 0.1) is 27.8 Å². The minimum atomic E-state index is 0.827. The fourth-order valence-corrected chi connectivity index (χ4v) is 2.84. The molecule has 5 rings (SSSR count). The third-order valence-corrected chi connectivity index (χ3v) is 3.99. The molecular weight excluding hydrogens is 286 g/mol. The number of imidazole rings is 2. The Morgan fingerprint density at radius 2 is 1.30 bits per heavy atom. The molecule has 3 N–H and O–H groups in total. The summed E-state index contributed by atoms with van der Waals surface area (Å²) in [5, 5.41) is 0. The molecule has 0 saturated heterocycles. The minimum Gasteiger partial charge on any atom is -0.358 e. The quantitative estimate of drug-likeness (QED) is 0.459. The number of aromatic nitrogens is 5. The molecule has 110 valence electrons. The Morgan fingerprint density at radius 1 is 0.696 bits per heavy atom. The Kier molecular flexibility index (Phi) is 2.43. The zero-order chi connectivity index (χ0) is 15.2. The van der Waals surface area contributed by atoms with Gasteiger partial charge in [-0.3, -0.25) is 0 Å². The summed E-state index contributed by atoms with van der Waals surface area (Å²) in [6.45, 7) is 0. The molecule has 0 amide bonds. The lowest BCUT2D eigenvalue weighted by molar-refractivity contribution is 1.27. The predicted molar refractivity (Wildman–Crippen MR) is 91.0 cm³/mol. The smallest absolute Gasteiger partial charge is 0.154 e. The molecule has 5 heteroatoms. The summed E-state index contributed by atoms with van der Waals surface area (Å²) in [5.74, 6) is 1.68. The van der Waals surface area contributed by atoms with E-state index in [9.17, 15) is 0 Å². The van der Waals surface area contributed by atoms with Crippen LogP contribution in [0.1, 0.15) is 0 Å². The highest BCUT2D eigenvalue weighted by atomic mass is 15.0. The third-order valence-electron chi connectivity index (χ3n) is 3.99. The second-order valence-electron chi connectivity index (χ2n) is 5.51. The monoisotopic (exact) mass is 299 g/mol. The molecule has 0 radical (unpaired) electrons. The summed E-state index contributed by atoms with van der Waals surface area (Å²) in [6.07, 6.45) is 1.94. The second-order valence-corrected chi connectivity index (χ2v) is 5.51. The fourth-order valence-electron chi connectivity index (χ4n) is 2.84. The van der Waals surface area contributed by atoms with E-state index in [1.165, 1.54) is 0 Å². The van der Waals surface area contributed by atoms with Gasteiger partial charge in [-0.15, -0.1) is 0 Å². The number of hydrogen-bond donors (Lipinski definition) is 3. The van der Waals surface area contributed by atoms with Crippen LogP contribution in [0.3, 0.4) is 0 Å². The first-order valence-electron chi connectivity index (χ1n) is 7.45. The van der Waals surface area contributed by atoms with E-state index in [2.05, 4.69) is 31.0 Å². The molecule has 0 fully saturated rings. The summed E-state index contributed by atoms with van der Waals surface area (Å²) in [7, 11) is 0. The summed E-state index contributed by atoms with van der Waals surface area (Å²) < 4.78 is 0. The van der Waals surface area contributed by atoms with Crippen LogP contribution in [0.5, 0.6) is 0 Å². The number of nitrogens with one attached hydrogen (secondary N) is 3. The van der Waals surface area contributed by atoms with Crippen LogP contribution in [0, 0.1) is 0 Å². The molecule has 0 atom stereocenters. The molecule has 5 aromatic rings. The van der Waals surface area contributed by atoms with E-state index in [4.69, 9.17) is 0 Å². The third kappa shape index (κ3) is 1.94. The predicted octanol–water partition coefficient (Wildman–Crippen LogP) is 4.10. The van der Waals surface area contributed by atoms with E-state index in [0.29, 0.717) is 0 Å². The lowest BCUT2D eigenvalue weighted by Gasteiger charge is -1.89. The van der Waals surface area contributed by atoms with Crippen molar-refractivity contribution in [2.45, 2.75) is 0 Å². The van der Waals surface area contributed by atoms with Crippen LogP contribution in [-0.4, -0.2) is 24.9 Å². The molecule has 0 bridgehead atoms. The number of fused-ring (bicyclic) bond motifs is 2. The number of hydrogen-bond acceptors (Lipinski definition) is 2. The molecule has 2 aromatic carbocycles. The van der Waals surface area contributed by atoms with Gasteiger partial charge in [-0.1, -0.05) is 24.3 Å². The normalized spacial score (nSPS) is 11.5. The average Bonchev–Trinajstić information content (AvgIpc) is 3.30. The van der Waals surface area contributed by atoms with Crippen LogP contribution in [0.4, 0.5) is 0 Å². The maximum Gasteiger partial charge on any atom is 0.154 e.